The Bertz CT molecular complexity index is 617. The molecule has 4 nitrogen and oxygen atoms in total. The molecule has 1 saturated heterocycles. The molecular weight excluding hydrogens is 270 g/mol. The maximum Gasteiger partial charge on any atom is 0.263 e. The van der Waals surface area contributed by atoms with Crippen molar-refractivity contribution in [3.05, 3.63) is 29.1 Å². The molecule has 3 rings (SSSR count). The number of nitrogens with one attached hydrogen (secondary N) is 1. The Hall–Kier alpha value is -1.59. The third-order valence-electron chi connectivity index (χ3n) is 3.75. The van der Waals surface area contributed by atoms with Crippen molar-refractivity contribution in [3.63, 3.8) is 0 Å². The van der Waals surface area contributed by atoms with Crippen LogP contribution in [0.3, 0.4) is 0 Å². The Balaban J connectivity index is 1.64. The van der Waals surface area contributed by atoms with Crippen molar-refractivity contribution in [1.82, 2.24) is 10.2 Å². The molecule has 3 N–H and O–H groups in total. The Labute approximate surface area is 122 Å². The van der Waals surface area contributed by atoms with Gasteiger partial charge in [0.25, 0.3) is 5.91 Å². The van der Waals surface area contributed by atoms with Crippen LogP contribution in [-0.2, 0) is 0 Å². The van der Waals surface area contributed by atoms with E-state index in [2.05, 4.69) is 10.2 Å². The number of carbonyl (C=O) groups excluding carboxylic acids is 1. The van der Waals surface area contributed by atoms with Gasteiger partial charge in [-0.1, -0.05) is 18.2 Å². The van der Waals surface area contributed by atoms with E-state index >= 15 is 0 Å². The topological polar surface area (TPSA) is 58.4 Å². The number of benzene rings is 1. The van der Waals surface area contributed by atoms with Crippen LogP contribution in [-0.4, -0.2) is 37.0 Å². The minimum absolute atomic E-state index is 0.0529. The van der Waals surface area contributed by atoms with Gasteiger partial charge in [-0.2, -0.15) is 0 Å². The standard InChI is InChI=1S/C15H19N3OS/c16-13-11-5-1-2-6-12(11)20-14(13)15(19)17-7-10-18-8-3-4-9-18/h1-2,5-6H,3-4,7-10,16H2,(H,17,19). The largest absolute Gasteiger partial charge is 0.397 e. The first-order valence-electron chi connectivity index (χ1n) is 7.03. The molecule has 20 heavy (non-hydrogen) atoms. The first kappa shape index (κ1) is 13.4. The van der Waals surface area contributed by atoms with E-state index in [1.165, 1.54) is 24.2 Å². The van der Waals surface area contributed by atoms with Gasteiger partial charge >= 0.3 is 0 Å². The van der Waals surface area contributed by atoms with Crippen LogP contribution in [0.1, 0.15) is 22.5 Å². The van der Waals surface area contributed by atoms with E-state index in [4.69, 9.17) is 5.73 Å². The van der Waals surface area contributed by atoms with Gasteiger partial charge in [0.15, 0.2) is 0 Å². The average molecular weight is 289 g/mol. The normalized spacial score (nSPS) is 15.8. The second kappa shape index (κ2) is 5.81. The summed E-state index contributed by atoms with van der Waals surface area (Å²) in [4.78, 5) is 15.2. The van der Waals surface area contributed by atoms with Crippen molar-refractivity contribution < 1.29 is 4.79 Å². The molecule has 0 unspecified atom stereocenters. The van der Waals surface area contributed by atoms with E-state index in [0.717, 1.165) is 29.7 Å². The van der Waals surface area contributed by atoms with Crippen molar-refractivity contribution in [2.75, 3.05) is 31.9 Å². The van der Waals surface area contributed by atoms with Crippen LogP contribution in [0, 0.1) is 0 Å². The van der Waals surface area contributed by atoms with Crippen LogP contribution in [0.15, 0.2) is 24.3 Å². The number of likely N-dealkylation sites (tertiary alicyclic amines) is 1. The highest BCUT2D eigenvalue weighted by atomic mass is 32.1. The number of nitrogens with two attached hydrogens (primary N) is 1. The van der Waals surface area contributed by atoms with Crippen molar-refractivity contribution in [2.24, 2.45) is 0 Å². The molecule has 2 heterocycles. The fraction of sp³-hybridized carbons (Fsp3) is 0.400. The van der Waals surface area contributed by atoms with E-state index in [0.29, 0.717) is 17.1 Å². The van der Waals surface area contributed by atoms with Crippen LogP contribution in [0.5, 0.6) is 0 Å². The van der Waals surface area contributed by atoms with Gasteiger partial charge in [-0.05, 0) is 32.0 Å². The van der Waals surface area contributed by atoms with Gasteiger partial charge in [-0.15, -0.1) is 11.3 Å². The van der Waals surface area contributed by atoms with Crippen LogP contribution >= 0.6 is 11.3 Å². The summed E-state index contributed by atoms with van der Waals surface area (Å²) in [6.45, 7) is 3.92. The van der Waals surface area contributed by atoms with Gasteiger partial charge in [-0.25, -0.2) is 0 Å². The highest BCUT2D eigenvalue weighted by Crippen LogP contribution is 2.33. The number of fused-ring (bicyclic) bond motifs is 1. The Kier molecular flexibility index (Phi) is 3.89. The van der Waals surface area contributed by atoms with Crippen molar-refractivity contribution >= 4 is 33.0 Å². The van der Waals surface area contributed by atoms with E-state index in [9.17, 15) is 4.79 Å². The molecule has 0 bridgehead atoms. The summed E-state index contributed by atoms with van der Waals surface area (Å²) in [6, 6.07) is 7.87. The zero-order valence-electron chi connectivity index (χ0n) is 11.4. The number of rotatable bonds is 4. The van der Waals surface area contributed by atoms with Crippen molar-refractivity contribution in [1.29, 1.82) is 0 Å². The number of nitrogen functional groups attached to an aromatic ring is 1. The summed E-state index contributed by atoms with van der Waals surface area (Å²) in [7, 11) is 0. The van der Waals surface area contributed by atoms with Crippen LogP contribution in [0.2, 0.25) is 0 Å². The minimum Gasteiger partial charge on any atom is -0.397 e. The molecule has 0 radical (unpaired) electrons. The summed E-state index contributed by atoms with van der Waals surface area (Å²) in [6.07, 6.45) is 2.55. The summed E-state index contributed by atoms with van der Waals surface area (Å²) in [5.41, 5.74) is 6.67. The highest BCUT2D eigenvalue weighted by Gasteiger charge is 2.16. The number of hydrogen-bond donors (Lipinski definition) is 2. The first-order valence-corrected chi connectivity index (χ1v) is 7.85. The fourth-order valence-electron chi connectivity index (χ4n) is 2.65. The fourth-order valence-corrected chi connectivity index (χ4v) is 3.69. The number of carbonyl (C=O) groups is 1. The van der Waals surface area contributed by atoms with Crippen molar-refractivity contribution in [3.8, 4) is 0 Å². The molecular formula is C15H19N3OS. The lowest BCUT2D eigenvalue weighted by atomic mass is 10.2. The first-order chi connectivity index (χ1) is 9.75. The molecule has 106 valence electrons. The second-order valence-corrected chi connectivity index (χ2v) is 6.20. The molecule has 5 heteroatoms. The summed E-state index contributed by atoms with van der Waals surface area (Å²) in [5, 5.41) is 3.95. The van der Waals surface area contributed by atoms with Gasteiger partial charge in [0, 0.05) is 23.2 Å². The lowest BCUT2D eigenvalue weighted by Gasteiger charge is -2.14. The van der Waals surface area contributed by atoms with E-state index in [1.807, 2.05) is 24.3 Å². The highest BCUT2D eigenvalue weighted by molar-refractivity contribution is 7.21. The summed E-state index contributed by atoms with van der Waals surface area (Å²) < 4.78 is 1.06. The Morgan fingerprint density at radius 2 is 2.05 bits per heavy atom. The van der Waals surface area contributed by atoms with E-state index < -0.39 is 0 Å². The predicted molar refractivity (Wildman–Crippen MR) is 84.2 cm³/mol. The molecule has 0 aliphatic carbocycles. The molecule has 1 fully saturated rings. The lowest BCUT2D eigenvalue weighted by molar-refractivity contribution is 0.0954. The molecule has 1 aromatic heterocycles. The van der Waals surface area contributed by atoms with Gasteiger partial charge in [0.05, 0.1) is 5.69 Å². The van der Waals surface area contributed by atoms with Crippen molar-refractivity contribution in [2.45, 2.75) is 12.8 Å². The molecule has 2 aromatic rings. The second-order valence-electron chi connectivity index (χ2n) is 5.15. The Morgan fingerprint density at radius 1 is 1.30 bits per heavy atom. The number of anilines is 1. The van der Waals surface area contributed by atoms with E-state index in [1.54, 1.807) is 0 Å². The molecule has 1 aromatic carbocycles. The molecule has 0 atom stereocenters. The van der Waals surface area contributed by atoms with Gasteiger partial charge in [0.2, 0.25) is 0 Å². The van der Waals surface area contributed by atoms with Crippen LogP contribution in [0.4, 0.5) is 5.69 Å². The molecule has 0 saturated carbocycles. The van der Waals surface area contributed by atoms with Crippen LogP contribution in [0.25, 0.3) is 10.1 Å². The molecule has 0 spiro atoms. The number of nitrogens with zero attached hydrogens (tertiary/aromatic N) is 1. The maximum absolute atomic E-state index is 12.2. The number of amides is 1. The number of thiophene rings is 1. The third kappa shape index (κ3) is 2.64. The molecule has 1 amide bonds. The van der Waals surface area contributed by atoms with Gasteiger partial charge in [0.1, 0.15) is 4.88 Å². The van der Waals surface area contributed by atoms with E-state index in [-0.39, 0.29) is 5.91 Å². The van der Waals surface area contributed by atoms with Gasteiger partial charge in [-0.3, -0.25) is 4.79 Å². The predicted octanol–water partition coefficient (Wildman–Crippen LogP) is 2.31. The van der Waals surface area contributed by atoms with Gasteiger partial charge < -0.3 is 16.0 Å². The maximum atomic E-state index is 12.2. The monoisotopic (exact) mass is 289 g/mol. The lowest BCUT2D eigenvalue weighted by Crippen LogP contribution is -2.33. The zero-order valence-corrected chi connectivity index (χ0v) is 12.2. The molecule has 1 aliphatic rings. The quantitative estimate of drug-likeness (QED) is 0.908. The minimum atomic E-state index is -0.0529. The smallest absolute Gasteiger partial charge is 0.263 e. The SMILES string of the molecule is Nc1c(C(=O)NCCN2CCCC2)sc2ccccc12. The number of hydrogen-bond acceptors (Lipinski definition) is 4. The Morgan fingerprint density at radius 3 is 2.80 bits per heavy atom. The average Bonchev–Trinajstić information content (AvgIpc) is 3.08. The summed E-state index contributed by atoms with van der Waals surface area (Å²) >= 11 is 1.46. The molecule has 1 aliphatic heterocycles. The third-order valence-corrected chi connectivity index (χ3v) is 4.94. The zero-order chi connectivity index (χ0) is 13.9. The summed E-state index contributed by atoms with van der Waals surface area (Å²) in [5.74, 6) is -0.0529. The van der Waals surface area contributed by atoms with Crippen LogP contribution < -0.4 is 11.1 Å².